The van der Waals surface area contributed by atoms with Crippen LogP contribution in [0.1, 0.15) is 45.5 Å². The molecule has 1 N–H and O–H groups in total. The second-order valence-electron chi connectivity index (χ2n) is 7.68. The lowest BCUT2D eigenvalue weighted by Gasteiger charge is -2.17. The van der Waals surface area contributed by atoms with E-state index in [0.29, 0.717) is 43.7 Å². The monoisotopic (exact) mass is 368 g/mol. The molecule has 0 spiro atoms. The lowest BCUT2D eigenvalue weighted by Crippen LogP contribution is -2.33. The number of nitrogens with one attached hydrogen (secondary N) is 1. The number of hydrogen-bond donors (Lipinski definition) is 1. The minimum atomic E-state index is -0.494. The van der Waals surface area contributed by atoms with Crippen LogP contribution in [0.2, 0.25) is 0 Å². The van der Waals surface area contributed by atoms with Crippen LogP contribution in [-0.4, -0.2) is 45.9 Å². The van der Waals surface area contributed by atoms with Gasteiger partial charge in [0.05, 0.1) is 6.26 Å². The molecule has 2 amide bonds. The van der Waals surface area contributed by atoms with Crippen molar-refractivity contribution in [2.45, 2.75) is 25.3 Å². The van der Waals surface area contributed by atoms with Gasteiger partial charge in [0.1, 0.15) is 11.4 Å². The molecule has 1 saturated heterocycles. The Morgan fingerprint density at radius 2 is 2.11 bits per heavy atom. The quantitative estimate of drug-likeness (QED) is 0.863. The van der Waals surface area contributed by atoms with Crippen molar-refractivity contribution >= 4 is 11.8 Å². The third-order valence-electron chi connectivity index (χ3n) is 5.74. The zero-order valence-corrected chi connectivity index (χ0v) is 14.8. The Balaban J connectivity index is 1.34. The van der Waals surface area contributed by atoms with E-state index < -0.39 is 5.56 Å². The fourth-order valence-electron chi connectivity index (χ4n) is 4.08. The Kier molecular flexibility index (Phi) is 3.66. The number of hydrogen-bond acceptors (Lipinski definition) is 5. The van der Waals surface area contributed by atoms with Crippen molar-refractivity contribution in [2.75, 3.05) is 19.6 Å². The summed E-state index contributed by atoms with van der Waals surface area (Å²) in [6.45, 7) is 2.36. The van der Waals surface area contributed by atoms with E-state index in [2.05, 4.69) is 10.3 Å². The van der Waals surface area contributed by atoms with Crippen molar-refractivity contribution in [1.29, 1.82) is 0 Å². The molecule has 0 unspecified atom stereocenters. The Morgan fingerprint density at radius 3 is 2.85 bits per heavy atom. The van der Waals surface area contributed by atoms with Crippen molar-refractivity contribution in [1.82, 2.24) is 19.8 Å². The van der Waals surface area contributed by atoms with E-state index in [1.807, 2.05) is 4.57 Å². The fraction of sp³-hybridized carbons (Fsp3) is 0.474. The minimum absolute atomic E-state index is 0.0141. The first-order valence-corrected chi connectivity index (χ1v) is 9.32. The number of carbonyl (C=O) groups excluding carboxylic acids is 2. The second-order valence-corrected chi connectivity index (χ2v) is 7.68. The van der Waals surface area contributed by atoms with Crippen LogP contribution >= 0.6 is 0 Å². The Labute approximate surface area is 155 Å². The fourth-order valence-corrected chi connectivity index (χ4v) is 4.08. The topological polar surface area (TPSA) is 97.4 Å². The number of rotatable bonds is 4. The first kappa shape index (κ1) is 16.3. The maximum Gasteiger partial charge on any atom is 0.289 e. The molecular formula is C19H20N4O4. The third-order valence-corrected chi connectivity index (χ3v) is 5.74. The molecule has 2 atom stereocenters. The van der Waals surface area contributed by atoms with Gasteiger partial charge in [-0.2, -0.15) is 4.98 Å². The van der Waals surface area contributed by atoms with Crippen molar-refractivity contribution in [3.63, 3.8) is 0 Å². The molecule has 8 heteroatoms. The van der Waals surface area contributed by atoms with Crippen LogP contribution in [0.25, 0.3) is 0 Å². The highest BCUT2D eigenvalue weighted by molar-refractivity contribution is 5.93. The van der Waals surface area contributed by atoms with Gasteiger partial charge >= 0.3 is 0 Å². The molecule has 140 valence electrons. The van der Waals surface area contributed by atoms with E-state index in [1.165, 1.54) is 6.26 Å². The largest absolute Gasteiger partial charge is 0.459 e. The molecule has 2 fully saturated rings. The lowest BCUT2D eigenvalue weighted by molar-refractivity contribution is 0.0751. The summed E-state index contributed by atoms with van der Waals surface area (Å²) in [6.07, 6.45) is 5.39. The molecule has 4 heterocycles. The molecule has 0 radical (unpaired) electrons. The molecule has 27 heavy (non-hydrogen) atoms. The highest BCUT2D eigenvalue weighted by Gasteiger charge is 2.43. The summed E-state index contributed by atoms with van der Waals surface area (Å²) in [5.74, 6) is 1.26. The van der Waals surface area contributed by atoms with Gasteiger partial charge in [0.25, 0.3) is 17.4 Å². The highest BCUT2D eigenvalue weighted by Crippen LogP contribution is 2.38. The molecule has 5 rings (SSSR count). The van der Waals surface area contributed by atoms with Crippen LogP contribution in [-0.2, 0) is 6.54 Å². The molecule has 2 aromatic rings. The summed E-state index contributed by atoms with van der Waals surface area (Å²) in [7, 11) is 0. The average molecular weight is 368 g/mol. The number of fused-ring (bicyclic) bond motifs is 3. The van der Waals surface area contributed by atoms with Crippen molar-refractivity contribution < 1.29 is 14.0 Å². The van der Waals surface area contributed by atoms with Gasteiger partial charge in [0, 0.05) is 44.2 Å². The van der Waals surface area contributed by atoms with Crippen LogP contribution in [0.3, 0.4) is 0 Å². The van der Waals surface area contributed by atoms with Crippen molar-refractivity contribution in [2.24, 2.45) is 11.8 Å². The minimum Gasteiger partial charge on any atom is -0.459 e. The Bertz CT molecular complexity index is 961. The van der Waals surface area contributed by atoms with Crippen LogP contribution < -0.4 is 10.9 Å². The maximum absolute atomic E-state index is 12.5. The molecule has 2 aliphatic heterocycles. The van der Waals surface area contributed by atoms with Crippen LogP contribution in [0.15, 0.2) is 33.8 Å². The van der Waals surface area contributed by atoms with Gasteiger partial charge in [-0.1, -0.05) is 0 Å². The number of likely N-dealkylation sites (tertiary alicyclic amines) is 1. The summed E-state index contributed by atoms with van der Waals surface area (Å²) in [5.41, 5.74) is -0.395. The smallest absolute Gasteiger partial charge is 0.289 e. The third kappa shape index (κ3) is 2.85. The number of aromatic nitrogens is 2. The maximum atomic E-state index is 12.5. The molecule has 1 aliphatic carbocycles. The predicted molar refractivity (Wildman–Crippen MR) is 94.4 cm³/mol. The van der Waals surface area contributed by atoms with Crippen LogP contribution in [0.5, 0.6) is 0 Å². The normalized spacial score (nSPS) is 23.2. The first-order chi connectivity index (χ1) is 13.1. The molecular weight excluding hydrogens is 348 g/mol. The molecule has 3 aliphatic rings. The molecule has 2 aromatic heterocycles. The number of nitrogens with zero attached hydrogens (tertiary/aromatic N) is 3. The first-order valence-electron chi connectivity index (χ1n) is 9.32. The summed E-state index contributed by atoms with van der Waals surface area (Å²) < 4.78 is 7.10. The van der Waals surface area contributed by atoms with Gasteiger partial charge in [-0.3, -0.25) is 14.4 Å². The SMILES string of the molecule is O=C(NCC1CC1)c1cn2c(nc1=O)[C@@H]1CN(C(=O)c3ccco3)C[C@@H]1C2. The van der Waals surface area contributed by atoms with Gasteiger partial charge in [0.15, 0.2) is 5.76 Å². The average Bonchev–Trinajstić information content (AvgIpc) is 3.06. The predicted octanol–water partition coefficient (Wildman–Crippen LogP) is 0.845. The van der Waals surface area contributed by atoms with Gasteiger partial charge in [0.2, 0.25) is 0 Å². The standard InChI is InChI=1S/C19H20N4O4/c24-17(20-6-11-3-4-11)14-10-22-7-12-8-23(19(26)15-2-1-5-27-15)9-13(12)16(22)21-18(14)25/h1-2,5,10-13H,3-4,6-9H2,(H,20,24)/t12-,13+/m0/s1. The zero-order chi connectivity index (χ0) is 18.5. The Morgan fingerprint density at radius 1 is 1.26 bits per heavy atom. The summed E-state index contributed by atoms with van der Waals surface area (Å²) in [4.78, 5) is 43.1. The van der Waals surface area contributed by atoms with E-state index >= 15 is 0 Å². The highest BCUT2D eigenvalue weighted by atomic mass is 16.3. The van der Waals surface area contributed by atoms with Gasteiger partial charge in [-0.15, -0.1) is 0 Å². The van der Waals surface area contributed by atoms with Crippen LogP contribution in [0.4, 0.5) is 0 Å². The van der Waals surface area contributed by atoms with Gasteiger partial charge in [-0.25, -0.2) is 0 Å². The number of furan rings is 1. The van der Waals surface area contributed by atoms with Gasteiger partial charge in [-0.05, 0) is 30.9 Å². The van der Waals surface area contributed by atoms with Crippen molar-refractivity contribution in [3.8, 4) is 0 Å². The summed E-state index contributed by atoms with van der Waals surface area (Å²) in [5, 5.41) is 2.83. The van der Waals surface area contributed by atoms with E-state index in [1.54, 1.807) is 23.2 Å². The second kappa shape index (κ2) is 6.07. The molecule has 8 nitrogen and oxygen atoms in total. The zero-order valence-electron chi connectivity index (χ0n) is 14.8. The van der Waals surface area contributed by atoms with Crippen molar-refractivity contribution in [3.05, 3.63) is 52.1 Å². The van der Waals surface area contributed by atoms with Crippen LogP contribution in [0, 0.1) is 11.8 Å². The lowest BCUT2D eigenvalue weighted by atomic mass is 9.99. The van der Waals surface area contributed by atoms with E-state index in [0.717, 1.165) is 12.8 Å². The van der Waals surface area contributed by atoms with E-state index in [-0.39, 0.29) is 29.2 Å². The van der Waals surface area contributed by atoms with E-state index in [9.17, 15) is 14.4 Å². The molecule has 0 bridgehead atoms. The number of amides is 2. The van der Waals surface area contributed by atoms with Gasteiger partial charge < -0.3 is 19.2 Å². The van der Waals surface area contributed by atoms with E-state index in [4.69, 9.17) is 4.42 Å². The number of carbonyl (C=O) groups is 2. The summed E-state index contributed by atoms with van der Waals surface area (Å²) in [6, 6.07) is 3.34. The Hall–Kier alpha value is -2.90. The molecule has 1 saturated carbocycles. The molecule has 0 aromatic carbocycles. The summed E-state index contributed by atoms with van der Waals surface area (Å²) >= 11 is 0.